The molecule has 2 fully saturated rings. The molecule has 1 N–H and O–H groups in total. The zero-order chi connectivity index (χ0) is 22.2. The number of benzene rings is 2. The maximum Gasteiger partial charge on any atom is 0.272 e. The molecule has 1 aromatic heterocycles. The Morgan fingerprint density at radius 3 is 2.81 bits per heavy atom. The normalized spacial score (nSPS) is 21.1. The van der Waals surface area contributed by atoms with Crippen molar-refractivity contribution >= 4 is 41.9 Å². The molecule has 3 heterocycles. The van der Waals surface area contributed by atoms with Crippen LogP contribution < -0.4 is 5.56 Å². The van der Waals surface area contributed by atoms with Gasteiger partial charge in [-0.3, -0.25) is 9.59 Å². The van der Waals surface area contributed by atoms with Crippen LogP contribution in [-0.2, 0) is 6.42 Å². The van der Waals surface area contributed by atoms with Crippen molar-refractivity contribution in [2.75, 3.05) is 26.7 Å². The number of amides is 1. The minimum absolute atomic E-state index is 0.132. The van der Waals surface area contributed by atoms with Crippen molar-refractivity contribution in [3.63, 3.8) is 0 Å². The smallest absolute Gasteiger partial charge is 0.272 e. The molecule has 0 aliphatic carbocycles. The number of carbonyl (C=O) groups is 1. The summed E-state index contributed by atoms with van der Waals surface area (Å²) in [6, 6.07) is 14.1. The topological polar surface area (TPSA) is 69.3 Å². The Balaban J connectivity index is 1.45. The molecule has 6 nitrogen and oxygen atoms in total. The molecule has 7 heteroatoms. The summed E-state index contributed by atoms with van der Waals surface area (Å²) in [7, 11) is 2.18. The lowest BCUT2D eigenvalue weighted by atomic mass is 9.93. The van der Waals surface area contributed by atoms with E-state index in [-0.39, 0.29) is 11.5 Å². The number of H-pyrrole nitrogens is 1. The molecule has 0 bridgehead atoms. The molecule has 0 saturated carbocycles. The van der Waals surface area contributed by atoms with Gasteiger partial charge in [0, 0.05) is 34.5 Å². The summed E-state index contributed by atoms with van der Waals surface area (Å²) in [5.74, 6) is 0.711. The highest BCUT2D eigenvalue weighted by Crippen LogP contribution is 2.31. The summed E-state index contributed by atoms with van der Waals surface area (Å²) in [5.41, 5.74) is 2.44. The number of piperidine rings is 1. The standard InChI is InChI=1S/C25H27IN4O2/c1-26-21-10-9-16(13-22-18-7-3-4-8-19(18)24(31)28-27-22)12-20(21)25(32)30-14-17-6-5-11-29(2)23(17)15-30/h3-4,7-10,12,17,23H,1,5-6,11,13-15H2,2H3,(H,28,31)/t17-,23?/m1/s1. The fourth-order valence-corrected chi connectivity index (χ4v) is 6.44. The van der Waals surface area contributed by atoms with E-state index in [1.165, 1.54) is 12.8 Å². The number of rotatable bonds is 4. The first kappa shape index (κ1) is 21.5. The average molecular weight is 542 g/mol. The minimum Gasteiger partial charge on any atom is -0.337 e. The molecule has 1 unspecified atom stereocenters. The van der Waals surface area contributed by atoms with Gasteiger partial charge in [-0.25, -0.2) is 5.10 Å². The van der Waals surface area contributed by atoms with Crippen LogP contribution in [0.1, 0.15) is 34.5 Å². The first-order chi connectivity index (χ1) is 15.5. The Bertz CT molecular complexity index is 1250. The number of halogens is 1. The first-order valence-electron chi connectivity index (χ1n) is 11.0. The van der Waals surface area contributed by atoms with Gasteiger partial charge in [-0.05, 0) is 56.1 Å². The number of hydrogen-bond donors (Lipinski definition) is 1. The molecule has 2 aromatic carbocycles. The molecule has 2 aliphatic rings. The number of fused-ring (bicyclic) bond motifs is 2. The van der Waals surface area contributed by atoms with Crippen LogP contribution in [0.3, 0.4) is 0 Å². The van der Waals surface area contributed by atoms with Gasteiger partial charge in [0.25, 0.3) is 11.5 Å². The van der Waals surface area contributed by atoms with Crippen molar-refractivity contribution in [2.45, 2.75) is 25.3 Å². The van der Waals surface area contributed by atoms with Crippen LogP contribution in [0.4, 0.5) is 0 Å². The zero-order valence-electron chi connectivity index (χ0n) is 18.2. The average Bonchev–Trinajstić information content (AvgIpc) is 3.26. The Hall–Kier alpha value is -2.39. The van der Waals surface area contributed by atoms with Crippen molar-refractivity contribution in [1.82, 2.24) is 20.0 Å². The predicted molar refractivity (Wildman–Crippen MR) is 136 cm³/mol. The van der Waals surface area contributed by atoms with E-state index in [1.807, 2.05) is 35.2 Å². The zero-order valence-corrected chi connectivity index (χ0v) is 20.3. The third-order valence-electron chi connectivity index (χ3n) is 6.90. The largest absolute Gasteiger partial charge is 0.337 e. The number of aromatic amines is 1. The van der Waals surface area contributed by atoms with Crippen LogP contribution in [0.2, 0.25) is 0 Å². The van der Waals surface area contributed by atoms with E-state index in [4.69, 9.17) is 0 Å². The fourth-order valence-electron chi connectivity index (χ4n) is 5.20. The molecule has 32 heavy (non-hydrogen) atoms. The Labute approximate surface area is 197 Å². The molecule has 0 radical (unpaired) electrons. The molecule has 0 spiro atoms. The second kappa shape index (κ2) is 8.86. The highest BCUT2D eigenvalue weighted by molar-refractivity contribution is 14.2. The van der Waals surface area contributed by atoms with Gasteiger partial charge in [0.15, 0.2) is 0 Å². The third-order valence-corrected chi connectivity index (χ3v) is 8.66. The fraction of sp³-hybridized carbons (Fsp3) is 0.360. The second-order valence-electron chi connectivity index (χ2n) is 8.83. The van der Waals surface area contributed by atoms with Gasteiger partial charge in [0.05, 0.1) is 16.6 Å². The van der Waals surface area contributed by atoms with Crippen LogP contribution in [-0.4, -0.2) is 63.1 Å². The van der Waals surface area contributed by atoms with E-state index < -0.39 is 20.7 Å². The lowest BCUT2D eigenvalue weighted by molar-refractivity contribution is 0.0779. The number of nitrogens with zero attached hydrogens (tertiary/aromatic N) is 3. The molecule has 3 aromatic rings. The molecule has 166 valence electrons. The second-order valence-corrected chi connectivity index (χ2v) is 10.8. The van der Waals surface area contributed by atoms with E-state index in [2.05, 4.69) is 38.8 Å². The van der Waals surface area contributed by atoms with E-state index in [0.29, 0.717) is 23.8 Å². The van der Waals surface area contributed by atoms with Gasteiger partial charge in [0.2, 0.25) is 0 Å². The van der Waals surface area contributed by atoms with Crippen LogP contribution in [0.25, 0.3) is 10.8 Å². The van der Waals surface area contributed by atoms with Crippen LogP contribution in [0.15, 0.2) is 47.3 Å². The molecule has 1 amide bonds. The highest BCUT2D eigenvalue weighted by atomic mass is 127. The Morgan fingerprint density at radius 1 is 1.22 bits per heavy atom. The van der Waals surface area contributed by atoms with Gasteiger partial charge in [-0.1, -0.05) is 49.5 Å². The summed E-state index contributed by atoms with van der Waals surface area (Å²) < 4.78 is 5.24. The van der Waals surface area contributed by atoms with E-state index in [1.54, 1.807) is 0 Å². The lowest BCUT2D eigenvalue weighted by Gasteiger charge is -2.33. The van der Waals surface area contributed by atoms with Gasteiger partial charge < -0.3 is 9.80 Å². The molecule has 2 aliphatic heterocycles. The summed E-state index contributed by atoms with van der Waals surface area (Å²) in [6.45, 7) is 2.78. The molecule has 2 saturated heterocycles. The van der Waals surface area contributed by atoms with E-state index in [0.717, 1.165) is 45.4 Å². The lowest BCUT2D eigenvalue weighted by Crippen LogP contribution is -2.42. The van der Waals surface area contributed by atoms with Gasteiger partial charge >= 0.3 is 0 Å². The van der Waals surface area contributed by atoms with Crippen LogP contribution in [0.5, 0.6) is 0 Å². The van der Waals surface area contributed by atoms with Gasteiger partial charge in [0.1, 0.15) is 0 Å². The first-order valence-corrected chi connectivity index (χ1v) is 13.6. The Morgan fingerprint density at radius 2 is 2.03 bits per heavy atom. The van der Waals surface area contributed by atoms with E-state index >= 15 is 0 Å². The SMILES string of the molecule is C=Ic1ccc(Cc2n[nH]c(=O)c3ccccc23)cc1C(=O)N1CC2[C@H](CCCN2C)C1. The number of carbonyl (C=O) groups excluding carboxylic acids is 1. The quantitative estimate of drug-likeness (QED) is 0.515. The summed E-state index contributed by atoms with van der Waals surface area (Å²) in [4.78, 5) is 30.2. The maximum absolute atomic E-state index is 13.6. The van der Waals surface area contributed by atoms with Gasteiger partial charge in [-0.2, -0.15) is 5.10 Å². The number of hydrogen-bond acceptors (Lipinski definition) is 4. The van der Waals surface area contributed by atoms with Crippen LogP contribution >= 0.6 is 20.7 Å². The van der Waals surface area contributed by atoms with Gasteiger partial charge in [-0.15, -0.1) is 0 Å². The molecular formula is C25H27IN4O2. The number of nitrogens with one attached hydrogen (secondary N) is 1. The number of likely N-dealkylation sites (tertiary alicyclic amines) is 2. The van der Waals surface area contributed by atoms with Crippen molar-refractivity contribution in [1.29, 1.82) is 0 Å². The van der Waals surface area contributed by atoms with Crippen molar-refractivity contribution in [3.05, 3.63) is 73.2 Å². The third kappa shape index (κ3) is 3.92. The van der Waals surface area contributed by atoms with Crippen molar-refractivity contribution in [3.8, 4) is 0 Å². The summed E-state index contributed by atoms with van der Waals surface area (Å²) in [6.07, 6.45) is 2.98. The maximum atomic E-state index is 13.6. The number of likely N-dealkylation sites (N-methyl/N-ethyl adjacent to an activating group) is 1. The van der Waals surface area contributed by atoms with Crippen LogP contribution in [0, 0.1) is 9.49 Å². The predicted octanol–water partition coefficient (Wildman–Crippen LogP) is 3.25. The van der Waals surface area contributed by atoms with Crippen molar-refractivity contribution < 1.29 is 4.79 Å². The Kier molecular flexibility index (Phi) is 5.94. The highest BCUT2D eigenvalue weighted by Gasteiger charge is 2.39. The molecule has 2 atom stereocenters. The summed E-state index contributed by atoms with van der Waals surface area (Å²) in [5, 5.41) is 8.41. The molecular weight excluding hydrogens is 515 g/mol. The number of aromatic nitrogens is 2. The monoisotopic (exact) mass is 542 g/mol. The van der Waals surface area contributed by atoms with E-state index in [9.17, 15) is 9.59 Å². The minimum atomic E-state index is -0.466. The molecule has 5 rings (SSSR count). The summed E-state index contributed by atoms with van der Waals surface area (Å²) >= 11 is -0.466. The van der Waals surface area contributed by atoms with Crippen molar-refractivity contribution in [2.24, 2.45) is 5.92 Å².